The summed E-state index contributed by atoms with van der Waals surface area (Å²) in [5.74, 6) is 0.233. The minimum atomic E-state index is -0.0344. The van der Waals surface area contributed by atoms with E-state index in [9.17, 15) is 4.79 Å². The average Bonchev–Trinajstić information content (AvgIpc) is 2.88. The standard InChI is InChI=1S/C14H10N2O2S/c17-12(10-5-3-4-8-15-10)9-19-14-16-11-6-1-2-7-13(11)18-14/h1-8H,9H2. The van der Waals surface area contributed by atoms with Crippen LogP contribution in [0.3, 0.4) is 0 Å². The first-order chi connectivity index (χ1) is 9.33. The fourth-order valence-electron chi connectivity index (χ4n) is 1.64. The molecule has 0 fully saturated rings. The van der Waals surface area contributed by atoms with Gasteiger partial charge in [0.25, 0.3) is 5.22 Å². The van der Waals surface area contributed by atoms with E-state index in [1.807, 2.05) is 24.3 Å². The molecular formula is C14H10N2O2S. The quantitative estimate of drug-likeness (QED) is 0.538. The van der Waals surface area contributed by atoms with Gasteiger partial charge in [0.05, 0.1) is 5.75 Å². The van der Waals surface area contributed by atoms with E-state index < -0.39 is 0 Å². The maximum Gasteiger partial charge on any atom is 0.257 e. The first-order valence-corrected chi connectivity index (χ1v) is 6.74. The smallest absolute Gasteiger partial charge is 0.257 e. The molecule has 0 aliphatic heterocycles. The fraction of sp³-hybridized carbons (Fsp3) is 0.0714. The molecule has 2 aromatic heterocycles. The zero-order chi connectivity index (χ0) is 13.1. The van der Waals surface area contributed by atoms with Crippen molar-refractivity contribution in [3.05, 3.63) is 54.4 Å². The molecule has 19 heavy (non-hydrogen) atoms. The molecule has 0 bridgehead atoms. The Morgan fingerprint density at radius 1 is 1.16 bits per heavy atom. The second-order valence-electron chi connectivity index (χ2n) is 3.87. The third-order valence-electron chi connectivity index (χ3n) is 2.55. The van der Waals surface area contributed by atoms with Crippen LogP contribution in [0, 0.1) is 0 Å². The molecule has 1 aromatic carbocycles. The lowest BCUT2D eigenvalue weighted by molar-refractivity contribution is 0.101. The number of nitrogens with zero attached hydrogens (tertiary/aromatic N) is 2. The molecule has 2 heterocycles. The van der Waals surface area contributed by atoms with Gasteiger partial charge in [-0.05, 0) is 24.3 Å². The number of oxazole rings is 1. The molecule has 5 heteroatoms. The summed E-state index contributed by atoms with van der Waals surface area (Å²) in [5, 5.41) is 0.505. The summed E-state index contributed by atoms with van der Waals surface area (Å²) in [6, 6.07) is 12.8. The van der Waals surface area contributed by atoms with Crippen molar-refractivity contribution in [3.8, 4) is 0 Å². The number of Topliss-reactive ketones (excluding diaryl/α,β-unsaturated/α-hetero) is 1. The normalized spacial score (nSPS) is 10.7. The Balaban J connectivity index is 1.71. The second-order valence-corrected chi connectivity index (χ2v) is 4.80. The number of carbonyl (C=O) groups excluding carboxylic acids is 1. The maximum absolute atomic E-state index is 11.9. The van der Waals surface area contributed by atoms with Crippen LogP contribution in [-0.4, -0.2) is 21.5 Å². The number of hydrogen-bond donors (Lipinski definition) is 0. The van der Waals surface area contributed by atoms with Crippen LogP contribution in [0.4, 0.5) is 0 Å². The van der Waals surface area contributed by atoms with Gasteiger partial charge in [0.1, 0.15) is 11.2 Å². The minimum absolute atomic E-state index is 0.0344. The van der Waals surface area contributed by atoms with E-state index in [-0.39, 0.29) is 11.5 Å². The van der Waals surface area contributed by atoms with Crippen LogP contribution in [0.15, 0.2) is 58.3 Å². The minimum Gasteiger partial charge on any atom is -0.431 e. The lowest BCUT2D eigenvalue weighted by Crippen LogP contribution is -2.04. The number of carbonyl (C=O) groups is 1. The van der Waals surface area contributed by atoms with E-state index in [4.69, 9.17) is 4.42 Å². The van der Waals surface area contributed by atoms with E-state index in [2.05, 4.69) is 9.97 Å². The van der Waals surface area contributed by atoms with Crippen molar-refractivity contribution in [3.63, 3.8) is 0 Å². The van der Waals surface area contributed by atoms with E-state index >= 15 is 0 Å². The van der Waals surface area contributed by atoms with Gasteiger partial charge in [-0.25, -0.2) is 4.98 Å². The fourth-order valence-corrected chi connectivity index (χ4v) is 2.36. The highest BCUT2D eigenvalue weighted by molar-refractivity contribution is 7.99. The Kier molecular flexibility index (Phi) is 3.29. The predicted molar refractivity (Wildman–Crippen MR) is 73.3 cm³/mol. The summed E-state index contributed by atoms with van der Waals surface area (Å²) in [5.41, 5.74) is 2.00. The van der Waals surface area contributed by atoms with Gasteiger partial charge in [-0.3, -0.25) is 9.78 Å². The number of para-hydroxylation sites is 2. The van der Waals surface area contributed by atoms with E-state index in [1.165, 1.54) is 11.8 Å². The molecule has 3 aromatic rings. The lowest BCUT2D eigenvalue weighted by Gasteiger charge is -1.96. The van der Waals surface area contributed by atoms with Gasteiger partial charge < -0.3 is 4.42 Å². The zero-order valence-corrected chi connectivity index (χ0v) is 10.8. The van der Waals surface area contributed by atoms with Gasteiger partial charge in [-0.1, -0.05) is 30.0 Å². The molecule has 94 valence electrons. The molecule has 0 saturated carbocycles. The number of ketones is 1. The molecule has 0 saturated heterocycles. The van der Waals surface area contributed by atoms with Gasteiger partial charge in [0.15, 0.2) is 11.4 Å². The van der Waals surface area contributed by atoms with E-state index in [0.29, 0.717) is 10.9 Å². The summed E-state index contributed by atoms with van der Waals surface area (Å²) >= 11 is 1.28. The zero-order valence-electron chi connectivity index (χ0n) is 9.95. The molecule has 0 amide bonds. The number of pyridine rings is 1. The number of thioether (sulfide) groups is 1. The highest BCUT2D eigenvalue weighted by Crippen LogP contribution is 2.23. The molecule has 0 aliphatic rings. The van der Waals surface area contributed by atoms with Crippen molar-refractivity contribution in [2.45, 2.75) is 5.22 Å². The summed E-state index contributed by atoms with van der Waals surface area (Å²) in [4.78, 5) is 20.2. The highest BCUT2D eigenvalue weighted by Gasteiger charge is 2.11. The summed E-state index contributed by atoms with van der Waals surface area (Å²) in [6.07, 6.45) is 1.61. The van der Waals surface area contributed by atoms with Gasteiger partial charge in [0.2, 0.25) is 0 Å². The highest BCUT2D eigenvalue weighted by atomic mass is 32.2. The maximum atomic E-state index is 11.9. The topological polar surface area (TPSA) is 56.0 Å². The van der Waals surface area contributed by atoms with Gasteiger partial charge in [0, 0.05) is 6.20 Å². The Morgan fingerprint density at radius 3 is 2.79 bits per heavy atom. The van der Waals surface area contributed by atoms with E-state index in [0.717, 1.165) is 11.1 Å². The van der Waals surface area contributed by atoms with Gasteiger partial charge >= 0.3 is 0 Å². The third kappa shape index (κ3) is 2.66. The lowest BCUT2D eigenvalue weighted by atomic mass is 10.3. The number of hydrogen-bond acceptors (Lipinski definition) is 5. The van der Waals surface area contributed by atoms with Crippen molar-refractivity contribution in [2.24, 2.45) is 0 Å². The van der Waals surface area contributed by atoms with E-state index in [1.54, 1.807) is 24.4 Å². The molecule has 0 atom stereocenters. The van der Waals surface area contributed by atoms with Crippen LogP contribution >= 0.6 is 11.8 Å². The molecule has 0 spiro atoms. The first-order valence-electron chi connectivity index (χ1n) is 5.75. The Morgan fingerprint density at radius 2 is 2.00 bits per heavy atom. The molecule has 4 nitrogen and oxygen atoms in total. The third-order valence-corrected chi connectivity index (χ3v) is 3.38. The monoisotopic (exact) mass is 270 g/mol. The first kappa shape index (κ1) is 11.9. The Bertz CT molecular complexity index is 677. The van der Waals surface area contributed by atoms with Crippen LogP contribution in [0.25, 0.3) is 11.1 Å². The van der Waals surface area contributed by atoms with Gasteiger partial charge in [-0.2, -0.15) is 0 Å². The largest absolute Gasteiger partial charge is 0.431 e. The summed E-state index contributed by atoms with van der Waals surface area (Å²) < 4.78 is 5.53. The van der Waals surface area contributed by atoms with Crippen molar-refractivity contribution >= 4 is 28.6 Å². The van der Waals surface area contributed by atoms with Crippen LogP contribution in [0.5, 0.6) is 0 Å². The van der Waals surface area contributed by atoms with Crippen LogP contribution < -0.4 is 0 Å². The predicted octanol–water partition coefficient (Wildman–Crippen LogP) is 3.20. The van der Waals surface area contributed by atoms with Gasteiger partial charge in [-0.15, -0.1) is 0 Å². The Hall–Kier alpha value is -2.14. The number of fused-ring (bicyclic) bond motifs is 1. The average molecular weight is 270 g/mol. The molecule has 0 N–H and O–H groups in total. The molecule has 3 rings (SSSR count). The van der Waals surface area contributed by atoms with Crippen LogP contribution in [0.1, 0.15) is 10.5 Å². The number of aromatic nitrogens is 2. The van der Waals surface area contributed by atoms with Crippen LogP contribution in [0.2, 0.25) is 0 Å². The molecular weight excluding hydrogens is 260 g/mol. The molecule has 0 radical (unpaired) electrons. The number of rotatable bonds is 4. The van der Waals surface area contributed by atoms with Crippen LogP contribution in [-0.2, 0) is 0 Å². The van der Waals surface area contributed by atoms with Crippen molar-refractivity contribution in [2.75, 3.05) is 5.75 Å². The summed E-state index contributed by atoms with van der Waals surface area (Å²) in [7, 11) is 0. The second kappa shape index (κ2) is 5.24. The SMILES string of the molecule is O=C(CSc1nc2ccccc2o1)c1ccccn1. The Labute approximate surface area is 113 Å². The van der Waals surface area contributed by atoms with Crippen molar-refractivity contribution < 1.29 is 9.21 Å². The number of benzene rings is 1. The molecule has 0 unspecified atom stereocenters. The molecule has 0 aliphatic carbocycles. The summed E-state index contributed by atoms with van der Waals surface area (Å²) in [6.45, 7) is 0. The van der Waals surface area contributed by atoms with Crippen molar-refractivity contribution in [1.82, 2.24) is 9.97 Å². The van der Waals surface area contributed by atoms with Crippen molar-refractivity contribution in [1.29, 1.82) is 0 Å².